The Morgan fingerprint density at radius 3 is 0.932 bits per heavy atom. The largest absolute Gasteiger partial charge is 2.00 e. The molecule has 0 unspecified atom stereocenters. The maximum absolute atomic E-state index is 4.82. The van der Waals surface area contributed by atoms with Crippen LogP contribution in [0.5, 0.6) is 0 Å². The van der Waals surface area contributed by atoms with Crippen molar-refractivity contribution in [3.05, 3.63) is 521 Å². The fourth-order valence-corrected chi connectivity index (χ4v) is 14.9. The van der Waals surface area contributed by atoms with Crippen LogP contribution in [0.3, 0.4) is 0 Å². The van der Waals surface area contributed by atoms with E-state index in [1.807, 2.05) is 319 Å². The Morgan fingerprint density at radius 1 is 0.301 bits per heavy atom. The van der Waals surface area contributed by atoms with Gasteiger partial charge in [0.15, 0.2) is 0 Å². The van der Waals surface area contributed by atoms with E-state index in [2.05, 4.69) is 331 Å². The Labute approximate surface area is 936 Å². The number of fused-ring (bicyclic) bond motifs is 10. The van der Waals surface area contributed by atoms with Gasteiger partial charge in [-0.2, -0.15) is 144 Å². The van der Waals surface area contributed by atoms with Crippen LogP contribution in [0.1, 0.15) is 81.9 Å². The summed E-state index contributed by atoms with van der Waals surface area (Å²) in [5.74, 6) is 0. The van der Waals surface area contributed by atoms with Gasteiger partial charge in [-0.3, -0.25) is 34.9 Å². The molecule has 0 fully saturated rings. The molecule has 0 atom stereocenters. The zero-order valence-electron chi connectivity index (χ0n) is 84.2. The fourth-order valence-electron chi connectivity index (χ4n) is 14.9. The number of pyridine rings is 7. The van der Waals surface area contributed by atoms with Gasteiger partial charge in [-0.1, -0.05) is 111 Å². The third kappa shape index (κ3) is 37.4. The van der Waals surface area contributed by atoms with E-state index < -0.39 is 0 Å². The molecule has 0 aliphatic carbocycles. The van der Waals surface area contributed by atoms with E-state index in [4.69, 9.17) is 9.97 Å². The summed E-state index contributed by atoms with van der Waals surface area (Å²) in [6.07, 6.45) is 40.6. The molecule has 23 rings (SSSR count). The molecule has 0 amide bonds. The van der Waals surface area contributed by atoms with Crippen LogP contribution in [-0.4, -0.2) is 126 Å². The molecule has 28 heteroatoms. The molecular weight excluding hydrogens is 2530 g/mol. The van der Waals surface area contributed by atoms with Gasteiger partial charge in [-0.05, 0) is 250 Å². The molecule has 8 bridgehead atoms. The zero-order chi connectivity index (χ0) is 98.5. The van der Waals surface area contributed by atoms with E-state index in [1.165, 1.54) is 51.4 Å². The van der Waals surface area contributed by atoms with Crippen molar-refractivity contribution in [1.29, 1.82) is 0 Å². The molecule has 14 aromatic rings. The third-order valence-corrected chi connectivity index (χ3v) is 21.2. The van der Waals surface area contributed by atoms with Crippen molar-refractivity contribution in [3.63, 3.8) is 0 Å². The molecule has 9 aliphatic rings. The van der Waals surface area contributed by atoms with Crippen LogP contribution in [-0.2, 0) is 140 Å². The molecule has 7 aromatic carbocycles. The number of aromatic nitrogens is 7. The molecule has 767 valence electrons. The second kappa shape index (κ2) is 64.0. The van der Waals surface area contributed by atoms with Crippen molar-refractivity contribution in [2.45, 2.75) is 87.2 Å². The fraction of sp³-hybridized carbons (Fsp3) is 0.161. The third-order valence-electron chi connectivity index (χ3n) is 21.2. The van der Waals surface area contributed by atoms with Crippen molar-refractivity contribution < 1.29 is 101 Å². The summed E-state index contributed by atoms with van der Waals surface area (Å²) in [6, 6.07) is 109. The van der Waals surface area contributed by atoms with Crippen molar-refractivity contribution in [2.24, 2.45) is 0 Å². The van der Waals surface area contributed by atoms with Crippen molar-refractivity contribution in [2.75, 3.05) is 71.7 Å². The number of para-hydroxylation sites is 6. The number of nitrogens with zero attached hydrogens (tertiary/aromatic N) is 23. The minimum absolute atomic E-state index is 0. The van der Waals surface area contributed by atoms with E-state index in [0.717, 1.165) is 108 Å². The van der Waals surface area contributed by atoms with Gasteiger partial charge in [0, 0.05) is 167 Å². The summed E-state index contributed by atoms with van der Waals surface area (Å²) in [4.78, 5) is 64.0. The van der Waals surface area contributed by atoms with E-state index in [1.54, 1.807) is 24.8 Å². The maximum atomic E-state index is 4.82. The molecule has 23 nitrogen and oxygen atoms in total. The van der Waals surface area contributed by atoms with Gasteiger partial charge in [0.05, 0.1) is 86.1 Å². The van der Waals surface area contributed by atoms with Gasteiger partial charge in [0.25, 0.3) is 0 Å². The topological polar surface area (TPSA) is 142 Å². The molecule has 0 spiro atoms. The number of hydrogen-bond acceptors (Lipinski definition) is 23. The van der Waals surface area contributed by atoms with Crippen molar-refractivity contribution in [1.82, 2.24) is 83.9 Å². The number of anilines is 8. The maximum Gasteiger partial charge on any atom is 2.00 e. The Bertz CT molecular complexity index is 5600. The van der Waals surface area contributed by atoms with Gasteiger partial charge >= 0.3 is 20.4 Å². The normalized spacial score (nSPS) is 13.8. The number of benzene rings is 7. The molecule has 0 saturated heterocycles. The molecule has 0 saturated carbocycles. The van der Waals surface area contributed by atoms with Crippen LogP contribution in [0.2, 0.25) is 0 Å². The van der Waals surface area contributed by atoms with E-state index in [9.17, 15) is 0 Å². The first-order valence-corrected chi connectivity index (χ1v) is 47.1. The minimum Gasteiger partial charge on any atom is -0.511 e. The summed E-state index contributed by atoms with van der Waals surface area (Å²) in [7, 11) is 12.2. The number of rotatable bonds is 11. The molecule has 3 radical (unpaired) electrons. The molecule has 0 N–H and O–H groups in total. The van der Waals surface area contributed by atoms with Crippen molar-refractivity contribution in [3.8, 4) is 33.9 Å². The van der Waals surface area contributed by atoms with Gasteiger partial charge in [0.1, 0.15) is 0 Å². The second-order valence-electron chi connectivity index (χ2n) is 33.3. The molecule has 146 heavy (non-hydrogen) atoms. The summed E-state index contributed by atoms with van der Waals surface area (Å²) < 4.78 is 0. The van der Waals surface area contributed by atoms with Crippen LogP contribution in [0.15, 0.2) is 397 Å². The summed E-state index contributed by atoms with van der Waals surface area (Å²) in [5, 5.41) is 0. The first-order valence-electron chi connectivity index (χ1n) is 47.1. The smallest absolute Gasteiger partial charge is 0.511 e. The first kappa shape index (κ1) is 118. The van der Waals surface area contributed by atoms with Crippen LogP contribution in [0.25, 0.3) is 33.9 Å². The van der Waals surface area contributed by atoms with E-state index in [-0.39, 0.29) is 101 Å². The van der Waals surface area contributed by atoms with Gasteiger partial charge in [-0.25, -0.2) is 0 Å². The summed E-state index contributed by atoms with van der Waals surface area (Å²) in [5.41, 5.74) is 21.8. The van der Waals surface area contributed by atoms with Crippen LogP contribution >= 0.6 is 0 Å². The van der Waals surface area contributed by atoms with Crippen LogP contribution in [0.4, 0.5) is 45.5 Å². The van der Waals surface area contributed by atoms with Crippen LogP contribution < -0.4 is 29.4 Å². The van der Waals surface area contributed by atoms with Gasteiger partial charge in [-0.15, -0.1) is 52.1 Å². The summed E-state index contributed by atoms with van der Waals surface area (Å²) in [6.45, 7) is 33.6. The van der Waals surface area contributed by atoms with E-state index in [0.29, 0.717) is 0 Å². The predicted molar refractivity (Wildman–Crippen MR) is 574 cm³/mol. The molecular formula is C118H125Ir2N23PdPtRh-8. The molecule has 9 aliphatic heterocycles. The SMILES string of the molecule is C1=CN2[CH-]N1Cc1cccc(n1)CN1C=CN([CH-]1)Cc1cccc(n1)C2.CCC.CN1C=CN(Cc2[c-]c(CN3C=CN(C)[CH-]3)ccc2)[CH-]1.CN1C=CN(c2[c-]c(N3C=CN(C)[CH-]3)ccc2)[CH-]1.CN1[CH-]N(c2[c-]cccc2)c2ccccc21.CN1[CH-]N(c2[c-]cccc2)c2ccccc21.C[CH+]C.C[CH+]C.[Ir].[Ir].[Pd+2].[Pt].[Rh].c1ccc(-c2ccccn2)nc1.c1ccc(-c2ccccn2)nc1.c1ccc(-c2ccncc2)cc1. The van der Waals surface area contributed by atoms with E-state index >= 15 is 0 Å². The van der Waals surface area contributed by atoms with Gasteiger partial charge in [0.2, 0.25) is 0 Å². The first-order chi connectivity index (χ1) is 69.1. The Kier molecular flexibility index (Phi) is 51.7. The summed E-state index contributed by atoms with van der Waals surface area (Å²) >= 11 is 0. The molecule has 16 heterocycles. The standard InChI is InChI=1S/C20H20N6.C16H19N4.C14H15N4.2C14H12N2.C11H9N.2C10H8N2.C3H8.2C3H7.2Ir.Pd.Pt.Rh/c1-3-17-11-23-7-9-25(15-23)13-19-5-2-6-20(22-19)14-26-10-8-24(16-26)12-18(4-1)21-17;1-17-6-8-19(13-17)11-15-4-3-5-16(10-15)12-20-9-7-18(2)14-20;1-15-6-8-17(11-15)13-4-3-5-14(10-13)18-9-7-16(2)12-18;2*1-15-11-16(12-7-3-2-4-8-12)14-10-6-5-9-13(14)15;1-2-4-10(5-3-1)11-6-8-12-9-7-11;2*1-3-7-11-9(5-1)10-6-2-4-8-12-10;3*1-3-2;;;;;/h1-10,15-16H,11-14H2;3-9,13-14H,11-12H2,1-2H3;3-9,11-12H,1-2H3;2*2-7,9-11H,1H3;1-9H;2*1-8H;3H2,1-2H3;2*3H,1-2H3;;;;;/q-2;2*-3;2*-2;;;;;2*+1;;;+2;;. The molecule has 7 aromatic heterocycles. The van der Waals surface area contributed by atoms with Crippen LogP contribution in [0, 0.1) is 90.5 Å². The monoisotopic (exact) mass is 2650 g/mol. The quantitative estimate of drug-likeness (QED) is 0.0894. The average molecular weight is 2650 g/mol. The predicted octanol–water partition coefficient (Wildman–Crippen LogP) is 24.2. The Hall–Kier alpha value is -13.2. The number of hydrogen-bond donors (Lipinski definition) is 0. The van der Waals surface area contributed by atoms with Crippen molar-refractivity contribution >= 4 is 45.5 Å². The minimum atomic E-state index is 0. The van der Waals surface area contributed by atoms with Gasteiger partial charge < -0.3 is 78.4 Å². The Morgan fingerprint density at radius 2 is 0.610 bits per heavy atom. The zero-order valence-corrected chi connectivity index (χ0v) is 94.4. The second-order valence-corrected chi connectivity index (χ2v) is 33.3. The Balaban J connectivity index is 0.000000202. The average Bonchev–Trinajstić information content (AvgIpc) is 1.65.